The van der Waals surface area contributed by atoms with Gasteiger partial charge in [-0.05, 0) is 20.8 Å². The molecule has 0 bridgehead atoms. The third-order valence-corrected chi connectivity index (χ3v) is 2.97. The van der Waals surface area contributed by atoms with Gasteiger partial charge in [0.1, 0.15) is 5.60 Å². The molecule has 0 aromatic rings. The van der Waals surface area contributed by atoms with Crippen LogP contribution in [0.25, 0.3) is 0 Å². The van der Waals surface area contributed by atoms with Gasteiger partial charge in [-0.3, -0.25) is 4.79 Å². The first-order chi connectivity index (χ1) is 7.37. The number of carbonyl (C=O) groups is 2. The molecule has 2 aliphatic heterocycles. The zero-order valence-electron chi connectivity index (χ0n) is 9.95. The summed E-state index contributed by atoms with van der Waals surface area (Å²) in [6.45, 7) is 7.32. The summed E-state index contributed by atoms with van der Waals surface area (Å²) >= 11 is 0. The molecule has 2 heterocycles. The molecule has 0 saturated carbocycles. The van der Waals surface area contributed by atoms with Crippen LogP contribution in [0.15, 0.2) is 0 Å². The summed E-state index contributed by atoms with van der Waals surface area (Å²) in [4.78, 5) is 24.8. The monoisotopic (exact) mass is 226 g/mol. The molecular formula is C11H18N2O3. The Morgan fingerprint density at radius 1 is 1.44 bits per heavy atom. The first-order valence-electron chi connectivity index (χ1n) is 5.62. The van der Waals surface area contributed by atoms with Crippen LogP contribution in [0.2, 0.25) is 0 Å². The first kappa shape index (κ1) is 11.2. The Balaban J connectivity index is 1.94. The van der Waals surface area contributed by atoms with Crippen LogP contribution in [-0.4, -0.2) is 42.1 Å². The highest BCUT2D eigenvalue weighted by atomic mass is 16.6. The van der Waals surface area contributed by atoms with Crippen molar-refractivity contribution in [1.82, 2.24) is 10.2 Å². The molecule has 0 radical (unpaired) electrons. The van der Waals surface area contributed by atoms with Gasteiger partial charge in [0.05, 0.1) is 5.92 Å². The summed E-state index contributed by atoms with van der Waals surface area (Å²) in [6.07, 6.45) is -0.310. The van der Waals surface area contributed by atoms with Crippen molar-refractivity contribution in [3.63, 3.8) is 0 Å². The van der Waals surface area contributed by atoms with Crippen LogP contribution in [-0.2, 0) is 9.53 Å². The van der Waals surface area contributed by atoms with Crippen molar-refractivity contribution < 1.29 is 14.3 Å². The summed E-state index contributed by atoms with van der Waals surface area (Å²) in [5, 5.41) is 2.81. The van der Waals surface area contributed by atoms with Crippen LogP contribution in [0, 0.1) is 11.8 Å². The zero-order valence-corrected chi connectivity index (χ0v) is 9.95. The van der Waals surface area contributed by atoms with Gasteiger partial charge >= 0.3 is 6.09 Å². The van der Waals surface area contributed by atoms with Crippen LogP contribution in [0.5, 0.6) is 0 Å². The Morgan fingerprint density at radius 2 is 2.12 bits per heavy atom. The molecule has 0 spiro atoms. The summed E-state index contributed by atoms with van der Waals surface area (Å²) < 4.78 is 5.28. The quantitative estimate of drug-likeness (QED) is 0.658. The SMILES string of the molecule is CC(C)(C)OC(=O)N1CC2CNC(=O)[C@@H]2C1. The number of hydrogen-bond donors (Lipinski definition) is 1. The normalized spacial score (nSPS) is 28.9. The molecule has 90 valence electrons. The number of ether oxygens (including phenoxy) is 1. The summed E-state index contributed by atoms with van der Waals surface area (Å²) in [5.41, 5.74) is -0.475. The maximum Gasteiger partial charge on any atom is 0.410 e. The molecule has 0 aliphatic carbocycles. The maximum atomic E-state index is 11.8. The molecule has 0 aromatic heterocycles. The average molecular weight is 226 g/mol. The standard InChI is InChI=1S/C11H18N2O3/c1-11(2,3)16-10(15)13-5-7-4-12-9(14)8(7)6-13/h7-8H,4-6H2,1-3H3,(H,12,14)/t7?,8-/m1/s1. The van der Waals surface area contributed by atoms with Gasteiger partial charge < -0.3 is 15.0 Å². The highest BCUT2D eigenvalue weighted by Gasteiger charge is 2.44. The van der Waals surface area contributed by atoms with E-state index in [9.17, 15) is 9.59 Å². The minimum atomic E-state index is -0.475. The van der Waals surface area contributed by atoms with Crippen molar-refractivity contribution in [3.8, 4) is 0 Å². The number of amides is 2. The molecule has 2 fully saturated rings. The Kier molecular flexibility index (Phi) is 2.56. The lowest BCUT2D eigenvalue weighted by atomic mass is 10.0. The lowest BCUT2D eigenvalue weighted by Crippen LogP contribution is -2.37. The molecule has 2 atom stereocenters. The van der Waals surface area contributed by atoms with E-state index in [0.717, 1.165) is 0 Å². The van der Waals surface area contributed by atoms with Crippen molar-refractivity contribution in [1.29, 1.82) is 0 Å². The second kappa shape index (κ2) is 3.64. The van der Waals surface area contributed by atoms with Gasteiger partial charge in [-0.2, -0.15) is 0 Å². The molecular weight excluding hydrogens is 208 g/mol. The second-order valence-corrected chi connectivity index (χ2v) is 5.50. The van der Waals surface area contributed by atoms with E-state index in [0.29, 0.717) is 19.6 Å². The smallest absolute Gasteiger partial charge is 0.410 e. The predicted octanol–water partition coefficient (Wildman–Crippen LogP) is 0.599. The van der Waals surface area contributed by atoms with Gasteiger partial charge in [-0.1, -0.05) is 0 Å². The van der Waals surface area contributed by atoms with E-state index in [-0.39, 0.29) is 23.8 Å². The van der Waals surface area contributed by atoms with Crippen molar-refractivity contribution in [2.24, 2.45) is 11.8 Å². The van der Waals surface area contributed by atoms with Crippen molar-refractivity contribution >= 4 is 12.0 Å². The van der Waals surface area contributed by atoms with Gasteiger partial charge in [0.2, 0.25) is 5.91 Å². The third kappa shape index (κ3) is 2.13. The van der Waals surface area contributed by atoms with Gasteiger partial charge in [0.15, 0.2) is 0 Å². The van der Waals surface area contributed by atoms with E-state index in [4.69, 9.17) is 4.74 Å². The Bertz CT molecular complexity index is 322. The summed E-state index contributed by atoms with van der Waals surface area (Å²) in [7, 11) is 0. The number of carbonyl (C=O) groups excluding carboxylic acids is 2. The number of nitrogens with one attached hydrogen (secondary N) is 1. The van der Waals surface area contributed by atoms with Crippen molar-refractivity contribution in [2.45, 2.75) is 26.4 Å². The highest BCUT2D eigenvalue weighted by Crippen LogP contribution is 2.28. The molecule has 5 nitrogen and oxygen atoms in total. The molecule has 2 rings (SSSR count). The fourth-order valence-corrected chi connectivity index (χ4v) is 2.21. The lowest BCUT2D eigenvalue weighted by Gasteiger charge is -2.24. The molecule has 2 saturated heterocycles. The number of fused-ring (bicyclic) bond motifs is 1. The first-order valence-corrected chi connectivity index (χ1v) is 5.62. The fourth-order valence-electron chi connectivity index (χ4n) is 2.21. The molecule has 5 heteroatoms. The van der Waals surface area contributed by atoms with Crippen LogP contribution in [0.3, 0.4) is 0 Å². The van der Waals surface area contributed by atoms with Gasteiger partial charge in [-0.15, -0.1) is 0 Å². The van der Waals surface area contributed by atoms with Crippen molar-refractivity contribution in [3.05, 3.63) is 0 Å². The minimum Gasteiger partial charge on any atom is -0.444 e. The molecule has 1 N–H and O–H groups in total. The Labute approximate surface area is 95.1 Å². The van der Waals surface area contributed by atoms with E-state index < -0.39 is 5.60 Å². The summed E-state index contributed by atoms with van der Waals surface area (Å²) in [5.74, 6) is 0.295. The molecule has 2 amide bonds. The fraction of sp³-hybridized carbons (Fsp3) is 0.818. The highest BCUT2D eigenvalue weighted by molar-refractivity contribution is 5.83. The number of hydrogen-bond acceptors (Lipinski definition) is 3. The number of nitrogens with zero attached hydrogens (tertiary/aromatic N) is 1. The van der Waals surface area contributed by atoms with E-state index in [1.165, 1.54) is 0 Å². The average Bonchev–Trinajstić information content (AvgIpc) is 2.65. The van der Waals surface area contributed by atoms with Crippen molar-refractivity contribution in [2.75, 3.05) is 19.6 Å². The lowest BCUT2D eigenvalue weighted by molar-refractivity contribution is -0.122. The van der Waals surface area contributed by atoms with E-state index >= 15 is 0 Å². The zero-order chi connectivity index (χ0) is 11.9. The van der Waals surface area contributed by atoms with Gasteiger partial charge in [-0.25, -0.2) is 4.79 Å². The minimum absolute atomic E-state index is 0.0347. The summed E-state index contributed by atoms with van der Waals surface area (Å²) in [6, 6.07) is 0. The predicted molar refractivity (Wildman–Crippen MR) is 57.8 cm³/mol. The Morgan fingerprint density at radius 3 is 2.69 bits per heavy atom. The number of likely N-dealkylation sites (tertiary alicyclic amines) is 1. The molecule has 2 aliphatic rings. The molecule has 1 unspecified atom stereocenters. The Hall–Kier alpha value is -1.26. The molecule has 16 heavy (non-hydrogen) atoms. The van der Waals surface area contributed by atoms with E-state index in [1.54, 1.807) is 4.90 Å². The number of rotatable bonds is 0. The maximum absolute atomic E-state index is 11.8. The van der Waals surface area contributed by atoms with Crippen LogP contribution < -0.4 is 5.32 Å². The van der Waals surface area contributed by atoms with Crippen LogP contribution in [0.4, 0.5) is 4.79 Å². The molecule has 0 aromatic carbocycles. The van der Waals surface area contributed by atoms with E-state index in [2.05, 4.69) is 5.32 Å². The van der Waals surface area contributed by atoms with Gasteiger partial charge in [0.25, 0.3) is 0 Å². The second-order valence-electron chi connectivity index (χ2n) is 5.50. The topological polar surface area (TPSA) is 58.6 Å². The largest absolute Gasteiger partial charge is 0.444 e. The van der Waals surface area contributed by atoms with Crippen LogP contribution in [0.1, 0.15) is 20.8 Å². The van der Waals surface area contributed by atoms with Crippen LogP contribution >= 0.6 is 0 Å². The third-order valence-electron chi connectivity index (χ3n) is 2.97. The van der Waals surface area contributed by atoms with E-state index in [1.807, 2.05) is 20.8 Å². The van der Waals surface area contributed by atoms with Gasteiger partial charge in [0, 0.05) is 25.6 Å².